The lowest BCUT2D eigenvalue weighted by atomic mass is 9.98. The number of para-hydroxylation sites is 1. The number of allylic oxidation sites excluding steroid dienone is 4. The summed E-state index contributed by atoms with van der Waals surface area (Å²) in [6.45, 7) is 5.51. The summed E-state index contributed by atoms with van der Waals surface area (Å²) in [6, 6.07) is 15.5. The van der Waals surface area contributed by atoms with E-state index in [1.807, 2.05) is 62.4 Å². The van der Waals surface area contributed by atoms with Gasteiger partial charge in [0.2, 0.25) is 6.41 Å². The Morgan fingerprint density at radius 1 is 1.06 bits per heavy atom. The monoisotopic (exact) mass is 518 g/mol. The summed E-state index contributed by atoms with van der Waals surface area (Å²) < 4.78 is 40.4. The third kappa shape index (κ3) is 6.92. The Labute approximate surface area is 200 Å². The number of nitrogens with zero attached hydrogens (tertiary/aromatic N) is 1. The van der Waals surface area contributed by atoms with Crippen molar-refractivity contribution in [2.24, 2.45) is 0 Å². The molecule has 1 N–H and O–H groups in total. The van der Waals surface area contributed by atoms with Crippen molar-refractivity contribution in [2.75, 3.05) is 18.4 Å². The molecular formula is C26H26BrF3N2O. The Morgan fingerprint density at radius 3 is 2.36 bits per heavy atom. The Kier molecular flexibility index (Phi) is 8.32. The van der Waals surface area contributed by atoms with Gasteiger partial charge in [-0.3, -0.25) is 9.69 Å². The first-order valence-corrected chi connectivity index (χ1v) is 11.3. The number of rotatable bonds is 9. The predicted octanol–water partition coefficient (Wildman–Crippen LogP) is 7.13. The van der Waals surface area contributed by atoms with Crippen LogP contribution in [-0.4, -0.2) is 30.6 Å². The van der Waals surface area contributed by atoms with Crippen LogP contribution in [0, 0.1) is 0 Å². The molecule has 1 aliphatic carbocycles. The third-order valence-electron chi connectivity index (χ3n) is 5.50. The van der Waals surface area contributed by atoms with Gasteiger partial charge in [-0.1, -0.05) is 69.6 Å². The Balaban J connectivity index is 1.87. The second kappa shape index (κ2) is 11.0. The SMILES string of the molecule is CC(C)=C(CN(CC1=CC=C(C(F)(F)F)C1)Cc1ccc(Br)cc1)c1ccccc1NC=O. The van der Waals surface area contributed by atoms with Crippen LogP contribution in [0.4, 0.5) is 18.9 Å². The van der Waals surface area contributed by atoms with E-state index in [0.29, 0.717) is 31.7 Å². The number of halogens is 4. The maximum absolute atomic E-state index is 13.1. The highest BCUT2D eigenvalue weighted by atomic mass is 79.9. The molecule has 0 saturated heterocycles. The fourth-order valence-corrected chi connectivity index (χ4v) is 4.12. The molecular weight excluding hydrogens is 493 g/mol. The van der Waals surface area contributed by atoms with Gasteiger partial charge in [0.05, 0.1) is 0 Å². The topological polar surface area (TPSA) is 32.3 Å². The minimum atomic E-state index is -4.31. The highest BCUT2D eigenvalue weighted by Gasteiger charge is 2.35. The van der Waals surface area contributed by atoms with E-state index in [0.717, 1.165) is 32.3 Å². The van der Waals surface area contributed by atoms with Crippen LogP contribution in [0.15, 0.2) is 81.9 Å². The highest BCUT2D eigenvalue weighted by molar-refractivity contribution is 9.10. The summed E-state index contributed by atoms with van der Waals surface area (Å²) >= 11 is 3.44. The van der Waals surface area contributed by atoms with Gasteiger partial charge in [0.25, 0.3) is 0 Å². The number of nitrogens with one attached hydrogen (secondary N) is 1. The van der Waals surface area contributed by atoms with Crippen LogP contribution in [-0.2, 0) is 11.3 Å². The molecule has 1 aliphatic rings. The maximum Gasteiger partial charge on any atom is 0.413 e. The molecule has 2 aromatic carbocycles. The number of hydrogen-bond acceptors (Lipinski definition) is 2. The van der Waals surface area contributed by atoms with Gasteiger partial charge in [-0.2, -0.15) is 13.2 Å². The lowest BCUT2D eigenvalue weighted by molar-refractivity contribution is -0.105. The second-order valence-corrected chi connectivity index (χ2v) is 9.16. The largest absolute Gasteiger partial charge is 0.413 e. The molecule has 0 radical (unpaired) electrons. The first-order valence-electron chi connectivity index (χ1n) is 10.6. The van der Waals surface area contributed by atoms with E-state index in [-0.39, 0.29) is 6.42 Å². The average molecular weight is 519 g/mol. The number of alkyl halides is 3. The quantitative estimate of drug-likeness (QED) is 0.358. The fraction of sp³-hybridized carbons (Fsp3) is 0.269. The number of hydrogen-bond donors (Lipinski definition) is 1. The Hall–Kier alpha value is -2.64. The standard InChI is InChI=1S/C26H26BrF3N2O/c1-18(2)24(23-5-3-4-6-25(23)31-17-33)16-32(14-19-8-11-22(27)12-9-19)15-20-7-10-21(13-20)26(28,29)30/h3-12,17H,13-16H2,1-2H3,(H,31,33). The van der Waals surface area contributed by atoms with Crippen LogP contribution >= 0.6 is 15.9 Å². The van der Waals surface area contributed by atoms with Crippen LogP contribution < -0.4 is 5.32 Å². The molecule has 0 aliphatic heterocycles. The summed E-state index contributed by atoms with van der Waals surface area (Å²) in [5, 5.41) is 2.75. The number of carbonyl (C=O) groups excluding carboxylic acids is 1. The molecule has 0 bridgehead atoms. The number of carbonyl (C=O) groups is 1. The lowest BCUT2D eigenvalue weighted by Gasteiger charge is -2.27. The normalized spacial score (nSPS) is 13.5. The van der Waals surface area contributed by atoms with Crippen LogP contribution in [0.1, 0.15) is 31.4 Å². The summed E-state index contributed by atoms with van der Waals surface area (Å²) in [5.41, 5.74) is 4.99. The number of amides is 1. The predicted molar refractivity (Wildman–Crippen MR) is 131 cm³/mol. The molecule has 3 rings (SSSR count). The summed E-state index contributed by atoms with van der Waals surface area (Å²) in [7, 11) is 0. The highest BCUT2D eigenvalue weighted by Crippen LogP contribution is 2.35. The maximum atomic E-state index is 13.1. The van der Waals surface area contributed by atoms with Gasteiger partial charge < -0.3 is 5.32 Å². The molecule has 0 aromatic heterocycles. The molecule has 3 nitrogen and oxygen atoms in total. The van der Waals surface area contributed by atoms with E-state index >= 15 is 0 Å². The zero-order valence-electron chi connectivity index (χ0n) is 18.5. The minimum absolute atomic E-state index is 0.0895. The van der Waals surface area contributed by atoms with Crippen molar-refractivity contribution < 1.29 is 18.0 Å². The van der Waals surface area contributed by atoms with E-state index in [9.17, 15) is 18.0 Å². The second-order valence-electron chi connectivity index (χ2n) is 8.25. The number of benzene rings is 2. The summed E-state index contributed by atoms with van der Waals surface area (Å²) in [4.78, 5) is 13.2. The molecule has 0 fully saturated rings. The van der Waals surface area contributed by atoms with Gasteiger partial charge in [0, 0.05) is 40.9 Å². The Morgan fingerprint density at radius 2 is 1.76 bits per heavy atom. The van der Waals surface area contributed by atoms with Gasteiger partial charge in [-0.05, 0) is 49.6 Å². The first-order chi connectivity index (χ1) is 15.7. The van der Waals surface area contributed by atoms with Crippen molar-refractivity contribution in [2.45, 2.75) is 33.0 Å². The molecule has 0 atom stereocenters. The van der Waals surface area contributed by atoms with Crippen molar-refractivity contribution in [3.8, 4) is 0 Å². The van der Waals surface area contributed by atoms with Crippen molar-refractivity contribution in [3.63, 3.8) is 0 Å². The van der Waals surface area contributed by atoms with Gasteiger partial charge in [-0.15, -0.1) is 0 Å². The molecule has 0 unspecified atom stereocenters. The van der Waals surface area contributed by atoms with Crippen molar-refractivity contribution in [1.29, 1.82) is 0 Å². The smallest absolute Gasteiger partial charge is 0.328 e. The van der Waals surface area contributed by atoms with E-state index in [4.69, 9.17) is 0 Å². The van der Waals surface area contributed by atoms with Gasteiger partial charge in [-0.25, -0.2) is 0 Å². The zero-order chi connectivity index (χ0) is 24.0. The molecule has 2 aromatic rings. The summed E-state index contributed by atoms with van der Waals surface area (Å²) in [5.74, 6) is 0. The van der Waals surface area contributed by atoms with Crippen LogP contribution in [0.5, 0.6) is 0 Å². The van der Waals surface area contributed by atoms with Gasteiger partial charge >= 0.3 is 6.18 Å². The molecule has 0 saturated carbocycles. The van der Waals surface area contributed by atoms with Gasteiger partial charge in [0.1, 0.15) is 0 Å². The molecule has 33 heavy (non-hydrogen) atoms. The van der Waals surface area contributed by atoms with Crippen molar-refractivity contribution >= 4 is 33.6 Å². The van der Waals surface area contributed by atoms with Crippen LogP contribution in [0.3, 0.4) is 0 Å². The zero-order valence-corrected chi connectivity index (χ0v) is 20.1. The van der Waals surface area contributed by atoms with Crippen molar-refractivity contribution in [3.05, 3.63) is 93.0 Å². The molecule has 1 amide bonds. The fourth-order valence-electron chi connectivity index (χ4n) is 3.86. The summed E-state index contributed by atoms with van der Waals surface area (Å²) in [6.07, 6.45) is -0.985. The van der Waals surface area contributed by atoms with E-state index in [2.05, 4.69) is 26.1 Å². The molecule has 174 valence electrons. The van der Waals surface area contributed by atoms with Crippen molar-refractivity contribution in [1.82, 2.24) is 4.90 Å². The Bertz CT molecular complexity index is 1080. The molecule has 0 spiro atoms. The van der Waals surface area contributed by atoms with Crippen LogP contribution in [0.2, 0.25) is 0 Å². The van der Waals surface area contributed by atoms with E-state index in [1.54, 1.807) is 6.08 Å². The van der Waals surface area contributed by atoms with E-state index in [1.165, 1.54) is 6.08 Å². The third-order valence-corrected chi connectivity index (χ3v) is 6.03. The van der Waals surface area contributed by atoms with E-state index < -0.39 is 11.7 Å². The first kappa shape index (κ1) is 25.0. The average Bonchev–Trinajstić information content (AvgIpc) is 3.23. The minimum Gasteiger partial charge on any atom is -0.328 e. The van der Waals surface area contributed by atoms with Crippen LogP contribution in [0.25, 0.3) is 5.57 Å². The molecule has 0 heterocycles. The number of anilines is 1. The van der Waals surface area contributed by atoms with Gasteiger partial charge in [0.15, 0.2) is 0 Å². The lowest BCUT2D eigenvalue weighted by Crippen LogP contribution is -2.28. The molecule has 7 heteroatoms.